The summed E-state index contributed by atoms with van der Waals surface area (Å²) in [6.07, 6.45) is 3.69. The molecule has 2 N–H and O–H groups in total. The van der Waals surface area contributed by atoms with Gasteiger partial charge in [-0.25, -0.2) is 4.98 Å². The highest BCUT2D eigenvalue weighted by Crippen LogP contribution is 2.27. The zero-order valence-corrected chi connectivity index (χ0v) is 18.2. The lowest BCUT2D eigenvalue weighted by atomic mass is 10.2. The van der Waals surface area contributed by atoms with Gasteiger partial charge in [0.05, 0.1) is 5.56 Å². The summed E-state index contributed by atoms with van der Waals surface area (Å²) in [6.45, 7) is 0. The Bertz CT molecular complexity index is 1400. The van der Waals surface area contributed by atoms with Gasteiger partial charge in [-0.3, -0.25) is 5.32 Å². The van der Waals surface area contributed by atoms with Gasteiger partial charge in [-0.1, -0.05) is 58.4 Å². The minimum atomic E-state index is 0.0781. The van der Waals surface area contributed by atoms with Gasteiger partial charge in [0.1, 0.15) is 11.3 Å². The fourth-order valence-corrected chi connectivity index (χ4v) is 3.34. The molecule has 2 heterocycles. The number of aromatic hydroxyl groups is 1. The van der Waals surface area contributed by atoms with Crippen molar-refractivity contribution in [1.29, 1.82) is 0 Å². The van der Waals surface area contributed by atoms with Gasteiger partial charge in [0, 0.05) is 4.47 Å². The second-order valence-electron chi connectivity index (χ2n) is 6.85. The summed E-state index contributed by atoms with van der Waals surface area (Å²) in [5, 5.41) is 13.3. The van der Waals surface area contributed by atoms with Crippen LogP contribution >= 0.6 is 15.9 Å². The predicted octanol–water partition coefficient (Wildman–Crippen LogP) is 6.06. The Labute approximate surface area is 191 Å². The second kappa shape index (κ2) is 8.60. The van der Waals surface area contributed by atoms with Crippen LogP contribution in [0.3, 0.4) is 0 Å². The Kier molecular flexibility index (Phi) is 5.35. The van der Waals surface area contributed by atoms with Crippen LogP contribution in [0.1, 0.15) is 11.4 Å². The van der Waals surface area contributed by atoms with Crippen LogP contribution in [0, 0.1) is 0 Å². The average molecular weight is 486 g/mol. The molecule has 3 aromatic carbocycles. The van der Waals surface area contributed by atoms with Crippen LogP contribution < -0.4 is 5.32 Å². The third-order valence-electron chi connectivity index (χ3n) is 4.61. The lowest BCUT2D eigenvalue weighted by Gasteiger charge is -2.07. The molecule has 0 saturated heterocycles. The Morgan fingerprint density at radius 2 is 1.59 bits per heavy atom. The van der Waals surface area contributed by atoms with Gasteiger partial charge in [0.2, 0.25) is 5.95 Å². The highest BCUT2D eigenvalue weighted by atomic mass is 79.9. The normalized spacial score (nSPS) is 11.3. The molecule has 0 aliphatic carbocycles. The monoisotopic (exact) mass is 485 g/mol. The molecule has 0 bridgehead atoms. The number of oxazole rings is 1. The van der Waals surface area contributed by atoms with E-state index in [1.807, 2.05) is 60.7 Å². The molecule has 5 aromatic rings. The van der Waals surface area contributed by atoms with Crippen LogP contribution in [0.4, 0.5) is 12.0 Å². The second-order valence-corrected chi connectivity index (χ2v) is 7.77. The number of nitrogens with zero attached hydrogens (tertiary/aromatic N) is 4. The molecule has 0 aliphatic rings. The van der Waals surface area contributed by atoms with Crippen molar-refractivity contribution in [1.82, 2.24) is 19.9 Å². The summed E-state index contributed by atoms with van der Waals surface area (Å²) in [7, 11) is 0. The molecule has 32 heavy (non-hydrogen) atoms. The van der Waals surface area contributed by atoms with Crippen LogP contribution in [0.5, 0.6) is 5.75 Å². The summed E-state index contributed by atoms with van der Waals surface area (Å²) < 4.78 is 6.73. The fraction of sp³-hybridized carbons (Fsp3) is 0. The molecular formula is C24H16BrN5O2. The average Bonchev–Trinajstić information content (AvgIpc) is 3.21. The first-order valence-electron chi connectivity index (χ1n) is 9.75. The van der Waals surface area contributed by atoms with E-state index in [2.05, 4.69) is 41.2 Å². The lowest BCUT2D eigenvalue weighted by Crippen LogP contribution is -2.03. The third kappa shape index (κ3) is 4.35. The van der Waals surface area contributed by atoms with Gasteiger partial charge < -0.3 is 9.52 Å². The SMILES string of the molecule is Oc1ccccc1-c1nc(/C=C/c2ccc(Br)cc2)nc(Nc2nc3ccccc3o2)n1. The van der Waals surface area contributed by atoms with Gasteiger partial charge in [-0.2, -0.15) is 15.0 Å². The van der Waals surface area contributed by atoms with Crippen molar-refractivity contribution in [3.05, 3.63) is 88.7 Å². The molecule has 0 unspecified atom stereocenters. The van der Waals surface area contributed by atoms with Crippen LogP contribution in [-0.2, 0) is 0 Å². The number of anilines is 2. The zero-order valence-electron chi connectivity index (χ0n) is 16.6. The van der Waals surface area contributed by atoms with Gasteiger partial charge in [0.15, 0.2) is 17.2 Å². The Morgan fingerprint density at radius 1 is 0.812 bits per heavy atom. The highest BCUT2D eigenvalue weighted by molar-refractivity contribution is 9.10. The summed E-state index contributed by atoms with van der Waals surface area (Å²) in [6, 6.07) is 22.5. The van der Waals surface area contributed by atoms with Crippen molar-refractivity contribution in [3.8, 4) is 17.1 Å². The van der Waals surface area contributed by atoms with Gasteiger partial charge >= 0.3 is 6.01 Å². The minimum Gasteiger partial charge on any atom is -0.507 e. The number of hydrogen-bond acceptors (Lipinski definition) is 7. The Hall–Kier alpha value is -4.04. The van der Waals surface area contributed by atoms with Crippen molar-refractivity contribution in [2.24, 2.45) is 0 Å². The number of nitrogens with one attached hydrogen (secondary N) is 1. The number of phenolic OH excluding ortho intramolecular Hbond substituents is 1. The number of phenols is 1. The van der Waals surface area contributed by atoms with Crippen molar-refractivity contribution < 1.29 is 9.52 Å². The van der Waals surface area contributed by atoms with E-state index in [0.29, 0.717) is 22.8 Å². The molecule has 8 heteroatoms. The summed E-state index contributed by atoms with van der Waals surface area (Å²) in [5.74, 6) is 1.07. The number of para-hydroxylation sites is 3. The van der Waals surface area contributed by atoms with Crippen LogP contribution in [0.25, 0.3) is 34.6 Å². The maximum atomic E-state index is 10.3. The predicted molar refractivity (Wildman–Crippen MR) is 127 cm³/mol. The van der Waals surface area contributed by atoms with Crippen molar-refractivity contribution >= 4 is 51.1 Å². The minimum absolute atomic E-state index is 0.0781. The van der Waals surface area contributed by atoms with Gasteiger partial charge in [-0.15, -0.1) is 0 Å². The molecule has 5 rings (SSSR count). The summed E-state index contributed by atoms with van der Waals surface area (Å²) in [5.41, 5.74) is 2.86. The Morgan fingerprint density at radius 3 is 2.41 bits per heavy atom. The number of hydrogen-bond donors (Lipinski definition) is 2. The first-order valence-corrected chi connectivity index (χ1v) is 10.5. The van der Waals surface area contributed by atoms with Gasteiger partial charge in [-0.05, 0) is 48.0 Å². The largest absolute Gasteiger partial charge is 0.507 e. The summed E-state index contributed by atoms with van der Waals surface area (Å²) >= 11 is 3.43. The molecule has 156 valence electrons. The molecule has 0 aliphatic heterocycles. The van der Waals surface area contributed by atoms with E-state index < -0.39 is 0 Å². The molecule has 0 atom stereocenters. The summed E-state index contributed by atoms with van der Waals surface area (Å²) in [4.78, 5) is 17.9. The van der Waals surface area contributed by atoms with Crippen molar-refractivity contribution in [2.45, 2.75) is 0 Å². The maximum Gasteiger partial charge on any atom is 0.302 e. The molecule has 0 saturated carbocycles. The number of benzene rings is 3. The van der Waals surface area contributed by atoms with Crippen molar-refractivity contribution in [2.75, 3.05) is 5.32 Å². The first-order chi connectivity index (χ1) is 15.6. The van der Waals surface area contributed by atoms with E-state index in [4.69, 9.17) is 4.42 Å². The smallest absolute Gasteiger partial charge is 0.302 e. The highest BCUT2D eigenvalue weighted by Gasteiger charge is 2.13. The lowest BCUT2D eigenvalue weighted by molar-refractivity contribution is 0.477. The molecule has 2 aromatic heterocycles. The van der Waals surface area contributed by atoms with E-state index in [-0.39, 0.29) is 17.7 Å². The quantitative estimate of drug-likeness (QED) is 0.312. The van der Waals surface area contributed by atoms with E-state index in [1.165, 1.54) is 0 Å². The fourth-order valence-electron chi connectivity index (χ4n) is 3.07. The topological polar surface area (TPSA) is 97.0 Å². The maximum absolute atomic E-state index is 10.3. The molecule has 0 fully saturated rings. The standard InChI is InChI=1S/C24H16BrN5O2/c25-16-12-9-15(10-13-16)11-14-21-27-22(17-5-1-3-7-19(17)31)29-23(28-21)30-24-26-18-6-2-4-8-20(18)32-24/h1-14,31H,(H,26,27,28,29,30)/b14-11+. The first kappa shape index (κ1) is 19.9. The van der Waals surface area contributed by atoms with Crippen LogP contribution in [-0.4, -0.2) is 25.0 Å². The molecule has 0 amide bonds. The van der Waals surface area contributed by atoms with Gasteiger partial charge in [0.25, 0.3) is 0 Å². The van der Waals surface area contributed by atoms with E-state index in [1.54, 1.807) is 24.3 Å². The Balaban J connectivity index is 1.54. The zero-order chi connectivity index (χ0) is 21.9. The van der Waals surface area contributed by atoms with Crippen LogP contribution in [0.15, 0.2) is 81.7 Å². The van der Waals surface area contributed by atoms with E-state index in [9.17, 15) is 5.11 Å². The number of fused-ring (bicyclic) bond motifs is 1. The molecule has 0 radical (unpaired) electrons. The van der Waals surface area contributed by atoms with Crippen molar-refractivity contribution in [3.63, 3.8) is 0 Å². The third-order valence-corrected chi connectivity index (χ3v) is 5.13. The number of aromatic nitrogens is 4. The molecular weight excluding hydrogens is 470 g/mol. The molecule has 0 spiro atoms. The van der Waals surface area contributed by atoms with E-state index in [0.717, 1.165) is 15.6 Å². The van der Waals surface area contributed by atoms with Crippen LogP contribution in [0.2, 0.25) is 0 Å². The number of rotatable bonds is 5. The van der Waals surface area contributed by atoms with E-state index >= 15 is 0 Å². The molecule has 7 nitrogen and oxygen atoms in total. The number of halogens is 1.